The maximum absolute atomic E-state index is 13.0. The van der Waals surface area contributed by atoms with Crippen LogP contribution in [0.25, 0.3) is 0 Å². The Morgan fingerprint density at radius 1 is 0.628 bits per heavy atom. The summed E-state index contributed by atoms with van der Waals surface area (Å²) in [4.78, 5) is 11.6. The molecular formula is C20H23F17O4S2. The Morgan fingerprint density at radius 2 is 1.00 bits per heavy atom. The minimum absolute atomic E-state index is 0.486. The Morgan fingerprint density at radius 3 is 1.35 bits per heavy atom. The summed E-state index contributed by atoms with van der Waals surface area (Å²) < 4.78 is 244. The highest BCUT2D eigenvalue weighted by Gasteiger charge is 2.95. The quantitative estimate of drug-likeness (QED) is 0.0812. The van der Waals surface area contributed by atoms with E-state index < -0.39 is 57.1 Å². The molecule has 0 spiro atoms. The minimum Gasteiger partial charge on any atom is -0.743 e. The number of unbranched alkanes of at least 4 members (excludes halogenated alkanes) is 3. The van der Waals surface area contributed by atoms with E-state index in [0.29, 0.717) is 16.7 Å². The highest BCUT2D eigenvalue weighted by molar-refractivity contribution is 7.97. The third-order valence-corrected chi connectivity index (χ3v) is 9.14. The van der Waals surface area contributed by atoms with Crippen LogP contribution in [0.2, 0.25) is 0 Å². The predicted molar refractivity (Wildman–Crippen MR) is 115 cm³/mol. The molecule has 0 radical (unpaired) electrons. The first kappa shape index (κ1) is 41.7. The second kappa shape index (κ2) is 13.6. The molecule has 1 aliphatic rings. The van der Waals surface area contributed by atoms with Gasteiger partial charge >= 0.3 is 47.0 Å². The van der Waals surface area contributed by atoms with E-state index in [1.165, 1.54) is 43.6 Å². The zero-order valence-corrected chi connectivity index (χ0v) is 23.1. The average Bonchev–Trinajstić information content (AvgIpc) is 3.33. The van der Waals surface area contributed by atoms with Crippen LogP contribution in [0.1, 0.15) is 51.9 Å². The number of rotatable bonds is 14. The lowest BCUT2D eigenvalue weighted by atomic mass is 9.91. The van der Waals surface area contributed by atoms with E-state index in [1.54, 1.807) is 0 Å². The monoisotopic (exact) mass is 714 g/mol. The van der Waals surface area contributed by atoms with Crippen LogP contribution in [0, 0.1) is 0 Å². The van der Waals surface area contributed by atoms with E-state index in [0.717, 1.165) is 18.6 Å². The SMILES string of the molecule is CCCCCCC(=O)C[S+]1CCCC1.O=S(=O)([O-])C(F)(F)C(F)(F)C(F)(F)C(F)(F)C(F)(F)C(F)(F)C(F)(F)C(F)(F)F. The molecule has 0 amide bonds. The fourth-order valence-corrected chi connectivity index (χ4v) is 5.97. The van der Waals surface area contributed by atoms with Gasteiger partial charge in [-0.05, 0) is 30.2 Å². The standard InChI is InChI=1S/C12H23OS.C8HF17O3S/c1-2-3-4-5-8-12(13)11-14-9-6-7-10-14;9-1(10,3(13,14)5(17,18)7(21,22)23)2(11,12)4(15,16)6(19,20)8(24,25)29(26,27)28/h2-11H2,1H3;(H,26,27,28)/q+1;/p-1. The molecule has 258 valence electrons. The van der Waals surface area contributed by atoms with Crippen LogP contribution >= 0.6 is 0 Å². The Labute approximate surface area is 235 Å². The first-order valence-corrected chi connectivity index (χ1v) is 14.8. The Hall–Kier alpha value is -1.26. The molecule has 0 aromatic heterocycles. The summed E-state index contributed by atoms with van der Waals surface area (Å²) in [7, 11) is -7.66. The van der Waals surface area contributed by atoms with Gasteiger partial charge in [-0.2, -0.15) is 74.6 Å². The molecule has 43 heavy (non-hydrogen) atoms. The van der Waals surface area contributed by atoms with Crippen LogP contribution in [0.4, 0.5) is 74.6 Å². The van der Waals surface area contributed by atoms with Crippen molar-refractivity contribution in [2.45, 2.75) is 98.8 Å². The molecule has 0 N–H and O–H groups in total. The van der Waals surface area contributed by atoms with Gasteiger partial charge in [-0.15, -0.1) is 0 Å². The maximum Gasteiger partial charge on any atom is 0.460 e. The van der Waals surface area contributed by atoms with Crippen LogP contribution in [0.3, 0.4) is 0 Å². The highest BCUT2D eigenvalue weighted by Crippen LogP contribution is 2.64. The molecule has 4 nitrogen and oxygen atoms in total. The van der Waals surface area contributed by atoms with Crippen molar-refractivity contribution in [3.8, 4) is 0 Å². The van der Waals surface area contributed by atoms with Gasteiger partial charge in [0.15, 0.2) is 21.7 Å². The number of alkyl halides is 17. The number of halogens is 17. The number of Topliss-reactive ketones (excluding diaryl/α,β-unsaturated/α-hetero) is 1. The summed E-state index contributed by atoms with van der Waals surface area (Å²) in [6, 6.07) is 0. The average molecular weight is 715 g/mol. The lowest BCUT2D eigenvalue weighted by Crippen LogP contribution is -2.75. The number of hydrogen-bond donors (Lipinski definition) is 0. The van der Waals surface area contributed by atoms with Gasteiger partial charge in [-0.1, -0.05) is 26.2 Å². The summed E-state index contributed by atoms with van der Waals surface area (Å²) in [6.45, 7) is 2.21. The largest absolute Gasteiger partial charge is 0.743 e. The normalized spacial score (nSPS) is 17.1. The third-order valence-electron chi connectivity index (χ3n) is 5.80. The van der Waals surface area contributed by atoms with Gasteiger partial charge in [-0.3, -0.25) is 4.79 Å². The molecule has 0 atom stereocenters. The number of hydrogen-bond acceptors (Lipinski definition) is 4. The van der Waals surface area contributed by atoms with E-state index in [4.69, 9.17) is 0 Å². The fourth-order valence-electron chi connectivity index (χ4n) is 3.21. The zero-order chi connectivity index (χ0) is 34.7. The van der Waals surface area contributed by atoms with E-state index in [9.17, 15) is 92.4 Å². The Kier molecular flexibility index (Phi) is 13.2. The molecule has 0 aliphatic carbocycles. The highest BCUT2D eigenvalue weighted by atomic mass is 32.2. The first-order chi connectivity index (χ1) is 18.8. The number of carbonyl (C=O) groups excluding carboxylic acids is 1. The van der Waals surface area contributed by atoms with E-state index >= 15 is 0 Å². The fraction of sp³-hybridized carbons (Fsp3) is 0.950. The van der Waals surface area contributed by atoms with Gasteiger partial charge in [0.2, 0.25) is 0 Å². The van der Waals surface area contributed by atoms with Crippen LogP contribution < -0.4 is 0 Å². The van der Waals surface area contributed by atoms with Gasteiger partial charge in [0.25, 0.3) is 0 Å². The molecule has 1 saturated heterocycles. The molecular weight excluding hydrogens is 691 g/mol. The van der Waals surface area contributed by atoms with Crippen molar-refractivity contribution in [2.24, 2.45) is 0 Å². The molecule has 0 aromatic carbocycles. The molecule has 1 aliphatic heterocycles. The summed E-state index contributed by atoms with van der Waals surface area (Å²) in [6.07, 6.45) is 0.621. The molecule has 0 aromatic rings. The number of ketones is 1. The molecule has 0 bridgehead atoms. The summed E-state index contributed by atoms with van der Waals surface area (Å²) in [5, 5.41) is -7.95. The Balaban J connectivity index is 0.00000104. The minimum atomic E-state index is -8.92. The van der Waals surface area contributed by atoms with Gasteiger partial charge in [-0.25, -0.2) is 8.42 Å². The van der Waals surface area contributed by atoms with Crippen molar-refractivity contribution >= 4 is 26.8 Å². The van der Waals surface area contributed by atoms with Crippen molar-refractivity contribution in [1.82, 2.24) is 0 Å². The smallest absolute Gasteiger partial charge is 0.460 e. The zero-order valence-electron chi connectivity index (χ0n) is 21.4. The molecule has 23 heteroatoms. The van der Waals surface area contributed by atoms with Crippen molar-refractivity contribution in [1.29, 1.82) is 0 Å². The number of carbonyl (C=O) groups is 1. The molecule has 1 rings (SSSR count). The van der Waals surface area contributed by atoms with Gasteiger partial charge in [0.1, 0.15) is 11.5 Å². The third kappa shape index (κ3) is 7.94. The second-order valence-electron chi connectivity index (χ2n) is 9.14. The predicted octanol–water partition coefficient (Wildman–Crippen LogP) is 7.44. The second-order valence-corrected chi connectivity index (χ2v) is 12.9. The van der Waals surface area contributed by atoms with E-state index in [-0.39, 0.29) is 0 Å². The van der Waals surface area contributed by atoms with E-state index in [2.05, 4.69) is 6.92 Å². The Bertz CT molecular complexity index is 1040. The van der Waals surface area contributed by atoms with E-state index in [1.807, 2.05) is 0 Å². The maximum atomic E-state index is 13.0. The molecule has 1 fully saturated rings. The van der Waals surface area contributed by atoms with Crippen LogP contribution in [0.5, 0.6) is 0 Å². The lowest BCUT2D eigenvalue weighted by Gasteiger charge is -2.42. The summed E-state index contributed by atoms with van der Waals surface area (Å²) in [5.74, 6) is -48.0. The van der Waals surface area contributed by atoms with Gasteiger partial charge in [0.05, 0.1) is 0 Å². The first-order valence-electron chi connectivity index (χ1n) is 11.7. The summed E-state index contributed by atoms with van der Waals surface area (Å²) in [5.41, 5.74) is 0. The van der Waals surface area contributed by atoms with Crippen molar-refractivity contribution < 1.29 is 92.4 Å². The van der Waals surface area contributed by atoms with Crippen molar-refractivity contribution in [3.05, 3.63) is 0 Å². The van der Waals surface area contributed by atoms with Crippen molar-refractivity contribution in [2.75, 3.05) is 17.3 Å². The lowest BCUT2D eigenvalue weighted by molar-refractivity contribution is -0.458. The van der Waals surface area contributed by atoms with Crippen LogP contribution in [-0.2, 0) is 25.8 Å². The van der Waals surface area contributed by atoms with Crippen LogP contribution in [-0.4, -0.2) is 83.0 Å². The molecule has 1 heterocycles. The molecule has 0 saturated carbocycles. The molecule has 0 unspecified atom stereocenters. The summed E-state index contributed by atoms with van der Waals surface area (Å²) >= 11 is 0. The van der Waals surface area contributed by atoms with Gasteiger partial charge < -0.3 is 4.55 Å². The topological polar surface area (TPSA) is 74.3 Å². The van der Waals surface area contributed by atoms with Crippen LogP contribution in [0.15, 0.2) is 0 Å². The van der Waals surface area contributed by atoms with Gasteiger partial charge in [0, 0.05) is 6.42 Å². The van der Waals surface area contributed by atoms with Crippen molar-refractivity contribution in [3.63, 3.8) is 0 Å².